The summed E-state index contributed by atoms with van der Waals surface area (Å²) >= 11 is 1.80. The van der Waals surface area contributed by atoms with Crippen LogP contribution in [0.2, 0.25) is 0 Å². The fourth-order valence-electron chi connectivity index (χ4n) is 2.48. The monoisotopic (exact) mass is 368 g/mol. The smallest absolute Gasteiger partial charge is 0.178 e. The molecule has 0 fully saturated rings. The molecule has 0 unspecified atom stereocenters. The van der Waals surface area contributed by atoms with E-state index in [9.17, 15) is 8.42 Å². The van der Waals surface area contributed by atoms with Gasteiger partial charge in [0, 0.05) is 4.90 Å². The van der Waals surface area contributed by atoms with Crippen molar-refractivity contribution in [1.82, 2.24) is 0 Å². The van der Waals surface area contributed by atoms with Crippen LogP contribution in [0.4, 0.5) is 0 Å². The lowest BCUT2D eigenvalue weighted by Gasteiger charge is -2.06. The van der Waals surface area contributed by atoms with E-state index in [4.69, 9.17) is 0 Å². The quantitative estimate of drug-likeness (QED) is 0.220. The number of benzene rings is 1. The van der Waals surface area contributed by atoms with Crippen LogP contribution in [0.3, 0.4) is 0 Å². The molecule has 2 nitrogen and oxygen atoms in total. The van der Waals surface area contributed by atoms with Gasteiger partial charge in [0.15, 0.2) is 9.84 Å². The van der Waals surface area contributed by atoms with Crippen LogP contribution >= 0.6 is 11.8 Å². The third-order valence-corrected chi connectivity index (χ3v) is 6.94. The Kier molecular flexibility index (Phi) is 11.2. The Balaban J connectivity index is 2.30. The van der Waals surface area contributed by atoms with E-state index in [0.29, 0.717) is 4.90 Å². The summed E-state index contributed by atoms with van der Waals surface area (Å²) in [4.78, 5) is 1.62. The summed E-state index contributed by atoms with van der Waals surface area (Å²) in [6, 6.07) is 7.40. The average molecular weight is 369 g/mol. The van der Waals surface area contributed by atoms with E-state index in [1.807, 2.05) is 18.2 Å². The van der Waals surface area contributed by atoms with Gasteiger partial charge < -0.3 is 0 Å². The maximum absolute atomic E-state index is 12.4. The molecule has 0 bridgehead atoms. The van der Waals surface area contributed by atoms with Gasteiger partial charge in [0.05, 0.1) is 10.6 Å². The van der Waals surface area contributed by atoms with Crippen LogP contribution in [0.5, 0.6) is 0 Å². The van der Waals surface area contributed by atoms with Crippen LogP contribution in [0.25, 0.3) is 0 Å². The molecule has 0 radical (unpaired) electrons. The van der Waals surface area contributed by atoms with Crippen molar-refractivity contribution in [3.8, 4) is 0 Å². The molecular formula is C20H32O2S2. The zero-order valence-corrected chi connectivity index (χ0v) is 16.6. The molecular weight excluding hydrogens is 336 g/mol. The Morgan fingerprint density at radius 1 is 0.958 bits per heavy atom. The molecule has 136 valence electrons. The lowest BCUT2D eigenvalue weighted by atomic mass is 10.1. The number of unbranched alkanes of at least 4 members (excludes halogenated alkanes) is 7. The second-order valence-corrected chi connectivity index (χ2v) is 9.47. The number of rotatable bonds is 14. The molecule has 0 aromatic heterocycles. The van der Waals surface area contributed by atoms with Crippen LogP contribution < -0.4 is 0 Å². The first-order valence-corrected chi connectivity index (χ1v) is 11.8. The highest BCUT2D eigenvalue weighted by Crippen LogP contribution is 2.22. The Morgan fingerprint density at radius 3 is 2.21 bits per heavy atom. The number of thioether (sulfide) groups is 1. The number of hydrogen-bond acceptors (Lipinski definition) is 3. The van der Waals surface area contributed by atoms with Crippen LogP contribution in [0.15, 0.2) is 46.7 Å². The van der Waals surface area contributed by atoms with Crippen molar-refractivity contribution >= 4 is 21.6 Å². The van der Waals surface area contributed by atoms with Crippen molar-refractivity contribution in [1.29, 1.82) is 0 Å². The van der Waals surface area contributed by atoms with E-state index in [0.717, 1.165) is 36.3 Å². The minimum absolute atomic E-state index is 0.266. The van der Waals surface area contributed by atoms with Gasteiger partial charge in [0.25, 0.3) is 0 Å². The van der Waals surface area contributed by atoms with Gasteiger partial charge >= 0.3 is 0 Å². The first-order chi connectivity index (χ1) is 11.6. The van der Waals surface area contributed by atoms with Gasteiger partial charge in [0.1, 0.15) is 0 Å². The molecule has 1 rings (SSSR count). The highest BCUT2D eigenvalue weighted by atomic mass is 32.2. The maximum atomic E-state index is 12.4. The van der Waals surface area contributed by atoms with Crippen molar-refractivity contribution in [2.75, 3.05) is 11.5 Å². The fraction of sp³-hybridized carbons (Fsp3) is 0.600. The predicted molar refractivity (Wildman–Crippen MR) is 107 cm³/mol. The third-order valence-electron chi connectivity index (χ3n) is 4.02. The first-order valence-electron chi connectivity index (χ1n) is 9.16. The Labute approximate surface area is 153 Å². The van der Waals surface area contributed by atoms with Gasteiger partial charge in [-0.1, -0.05) is 45.1 Å². The van der Waals surface area contributed by atoms with E-state index >= 15 is 0 Å². The van der Waals surface area contributed by atoms with Crippen molar-refractivity contribution in [2.24, 2.45) is 0 Å². The fourth-order valence-corrected chi connectivity index (χ4v) is 4.85. The van der Waals surface area contributed by atoms with Crippen LogP contribution in [-0.4, -0.2) is 19.9 Å². The number of sulfone groups is 1. The van der Waals surface area contributed by atoms with Crippen molar-refractivity contribution < 1.29 is 8.42 Å². The zero-order chi connectivity index (χ0) is 17.7. The molecule has 0 aliphatic carbocycles. The van der Waals surface area contributed by atoms with Gasteiger partial charge in [-0.2, -0.15) is 0 Å². The summed E-state index contributed by atoms with van der Waals surface area (Å²) in [6.45, 7) is 5.90. The van der Waals surface area contributed by atoms with Gasteiger partial charge in [0.2, 0.25) is 0 Å². The van der Waals surface area contributed by atoms with Crippen molar-refractivity contribution in [2.45, 2.75) is 74.5 Å². The normalized spacial score (nSPS) is 11.5. The molecule has 0 saturated carbocycles. The lowest BCUT2D eigenvalue weighted by Crippen LogP contribution is -2.06. The van der Waals surface area contributed by atoms with E-state index in [1.54, 1.807) is 23.9 Å². The molecule has 0 atom stereocenters. The summed E-state index contributed by atoms with van der Waals surface area (Å²) in [7, 11) is -3.13. The molecule has 0 N–H and O–H groups in total. The van der Waals surface area contributed by atoms with Crippen molar-refractivity contribution in [3.63, 3.8) is 0 Å². The van der Waals surface area contributed by atoms with Crippen LogP contribution in [0.1, 0.15) is 64.7 Å². The number of allylic oxidation sites excluding steroid dienone is 1. The summed E-state index contributed by atoms with van der Waals surface area (Å²) in [5.74, 6) is 1.36. The molecule has 1 aromatic carbocycles. The second-order valence-electron chi connectivity index (χ2n) is 6.19. The second kappa shape index (κ2) is 12.6. The molecule has 4 heteroatoms. The molecule has 0 aliphatic heterocycles. The highest BCUT2D eigenvalue weighted by Gasteiger charge is 2.13. The van der Waals surface area contributed by atoms with Gasteiger partial charge in [-0.3, -0.25) is 0 Å². The van der Waals surface area contributed by atoms with E-state index in [-0.39, 0.29) is 5.75 Å². The molecule has 0 heterocycles. The lowest BCUT2D eigenvalue weighted by molar-refractivity contribution is 0.581. The first kappa shape index (κ1) is 21.3. The zero-order valence-electron chi connectivity index (χ0n) is 15.0. The van der Waals surface area contributed by atoms with Crippen molar-refractivity contribution in [3.05, 3.63) is 36.9 Å². The number of hydrogen-bond donors (Lipinski definition) is 0. The van der Waals surface area contributed by atoms with Gasteiger partial charge in [-0.25, -0.2) is 8.42 Å². The topological polar surface area (TPSA) is 34.1 Å². The summed E-state index contributed by atoms with van der Waals surface area (Å²) < 4.78 is 24.7. The van der Waals surface area contributed by atoms with E-state index in [2.05, 4.69) is 13.5 Å². The maximum Gasteiger partial charge on any atom is 0.178 e. The molecule has 0 aliphatic rings. The van der Waals surface area contributed by atoms with Crippen LogP contribution in [0, 0.1) is 0 Å². The van der Waals surface area contributed by atoms with Gasteiger partial charge in [-0.05, 0) is 55.7 Å². The van der Waals surface area contributed by atoms with E-state index < -0.39 is 9.84 Å². The molecule has 0 spiro atoms. The summed E-state index contributed by atoms with van der Waals surface area (Å²) in [6.07, 6.45) is 11.9. The molecule has 0 saturated heterocycles. The Morgan fingerprint density at radius 2 is 1.58 bits per heavy atom. The largest absolute Gasteiger partial charge is 0.224 e. The average Bonchev–Trinajstić information content (AvgIpc) is 2.58. The third kappa shape index (κ3) is 8.93. The summed E-state index contributed by atoms with van der Waals surface area (Å²) in [5, 5.41) is 0. The molecule has 1 aromatic rings. The Bertz CT molecular complexity index is 548. The SMILES string of the molecule is C=CCCCCCCCCS(=O)(=O)c1ccc(SCCCC)cc1. The van der Waals surface area contributed by atoms with E-state index in [1.165, 1.54) is 32.1 Å². The molecule has 0 amide bonds. The minimum Gasteiger partial charge on any atom is -0.224 e. The standard InChI is InChI=1S/C20H32O2S2/c1-3-5-7-8-9-10-11-12-18-24(21,22)20-15-13-19(14-16-20)23-17-6-4-2/h3,13-16H,1,4-12,17-18H2,2H3. The highest BCUT2D eigenvalue weighted by molar-refractivity contribution is 7.99. The minimum atomic E-state index is -3.13. The predicted octanol–water partition coefficient (Wildman–Crippen LogP) is 6.27. The summed E-state index contributed by atoms with van der Waals surface area (Å²) in [5.41, 5.74) is 0. The molecule has 24 heavy (non-hydrogen) atoms. The Hall–Kier alpha value is -0.740. The van der Waals surface area contributed by atoms with Crippen LogP contribution in [-0.2, 0) is 9.84 Å². The van der Waals surface area contributed by atoms with Gasteiger partial charge in [-0.15, -0.1) is 18.3 Å².